The van der Waals surface area contributed by atoms with Gasteiger partial charge in [-0.2, -0.15) is 0 Å². The number of carboxylic acid groups (broad SMARTS) is 1. The average Bonchev–Trinajstić information content (AvgIpc) is 2.62. The Morgan fingerprint density at radius 1 is 0.870 bits per heavy atom. The number of hydrogen-bond donors (Lipinski definition) is 1. The normalized spacial score (nSPS) is 19.6. The molecule has 1 N–H and O–H groups in total. The fourth-order valence-electron chi connectivity index (χ4n) is 3.85. The molecule has 124 valence electrons. The van der Waals surface area contributed by atoms with E-state index in [2.05, 4.69) is 0 Å². The van der Waals surface area contributed by atoms with Crippen LogP contribution in [0.3, 0.4) is 0 Å². The van der Waals surface area contributed by atoms with Crippen LogP contribution in [0, 0.1) is 0 Å². The number of aromatic carboxylic acids is 1. The molecule has 2 fully saturated rings. The third-order valence-corrected chi connectivity index (χ3v) is 5.17. The van der Waals surface area contributed by atoms with E-state index >= 15 is 0 Å². The van der Waals surface area contributed by atoms with Crippen molar-refractivity contribution in [2.75, 3.05) is 13.1 Å². The number of nitrogens with zero attached hydrogens (tertiary/aromatic N) is 1. The fourth-order valence-corrected chi connectivity index (χ4v) is 3.85. The van der Waals surface area contributed by atoms with Gasteiger partial charge in [0.25, 0.3) is 5.91 Å². The van der Waals surface area contributed by atoms with Crippen LogP contribution in [0.1, 0.15) is 83.6 Å². The first-order chi connectivity index (χ1) is 11.1. The van der Waals surface area contributed by atoms with E-state index in [1.54, 1.807) is 12.1 Å². The molecule has 1 aromatic rings. The summed E-state index contributed by atoms with van der Waals surface area (Å²) in [6.07, 6.45) is 9.09. The number of benzene rings is 1. The number of amides is 1. The van der Waals surface area contributed by atoms with Crippen molar-refractivity contribution in [3.63, 3.8) is 0 Å². The van der Waals surface area contributed by atoms with E-state index in [0.29, 0.717) is 11.5 Å². The zero-order valence-electron chi connectivity index (χ0n) is 13.6. The Morgan fingerprint density at radius 2 is 1.48 bits per heavy atom. The molecule has 0 unspecified atom stereocenters. The molecule has 1 saturated carbocycles. The highest BCUT2D eigenvalue weighted by Crippen LogP contribution is 2.33. The molecule has 1 saturated heterocycles. The minimum absolute atomic E-state index is 0.00939. The van der Waals surface area contributed by atoms with Gasteiger partial charge in [0.15, 0.2) is 0 Å². The van der Waals surface area contributed by atoms with Gasteiger partial charge in [-0.05, 0) is 61.8 Å². The van der Waals surface area contributed by atoms with Gasteiger partial charge >= 0.3 is 5.97 Å². The van der Waals surface area contributed by atoms with Gasteiger partial charge in [0.1, 0.15) is 0 Å². The van der Waals surface area contributed by atoms with Gasteiger partial charge in [-0.15, -0.1) is 0 Å². The number of carbonyl (C=O) groups excluding carboxylic acids is 1. The third kappa shape index (κ3) is 3.74. The highest BCUT2D eigenvalue weighted by atomic mass is 16.4. The summed E-state index contributed by atoms with van der Waals surface area (Å²) in [4.78, 5) is 26.1. The van der Waals surface area contributed by atoms with Gasteiger partial charge in [-0.3, -0.25) is 4.79 Å². The molecule has 4 nitrogen and oxygen atoms in total. The van der Waals surface area contributed by atoms with Gasteiger partial charge in [0.05, 0.1) is 5.56 Å². The molecule has 0 bridgehead atoms. The lowest BCUT2D eigenvalue weighted by Crippen LogP contribution is -2.35. The highest BCUT2D eigenvalue weighted by Gasteiger charge is 2.23. The maximum atomic E-state index is 12.7. The monoisotopic (exact) mass is 315 g/mol. The summed E-state index contributed by atoms with van der Waals surface area (Å²) in [6.45, 7) is 1.57. The van der Waals surface area contributed by atoms with Crippen LogP contribution in [-0.2, 0) is 0 Å². The Bertz CT molecular complexity index is 584. The lowest BCUT2D eigenvalue weighted by Gasteiger charge is -2.28. The van der Waals surface area contributed by atoms with Crippen molar-refractivity contribution < 1.29 is 14.7 Å². The molecular formula is C19H25NO3. The standard InChI is InChI=1S/C19H25NO3/c21-18(20-9-5-2-6-10-20)16-11-15(12-17(13-16)19(22)23)14-7-3-1-4-8-14/h11-14H,1-10H2,(H,22,23). The Kier molecular flexibility index (Phi) is 4.99. The van der Waals surface area contributed by atoms with E-state index < -0.39 is 5.97 Å². The summed E-state index contributed by atoms with van der Waals surface area (Å²) in [6, 6.07) is 5.26. The van der Waals surface area contributed by atoms with Gasteiger partial charge < -0.3 is 10.0 Å². The lowest BCUT2D eigenvalue weighted by atomic mass is 9.83. The van der Waals surface area contributed by atoms with Crippen molar-refractivity contribution in [1.82, 2.24) is 4.90 Å². The molecule has 4 heteroatoms. The molecule has 1 heterocycles. The van der Waals surface area contributed by atoms with Crippen molar-refractivity contribution in [1.29, 1.82) is 0 Å². The number of rotatable bonds is 3. The van der Waals surface area contributed by atoms with Crippen LogP contribution < -0.4 is 0 Å². The average molecular weight is 315 g/mol. The van der Waals surface area contributed by atoms with E-state index in [4.69, 9.17) is 0 Å². The second kappa shape index (κ2) is 7.16. The molecule has 3 rings (SSSR count). The molecule has 0 radical (unpaired) electrons. The van der Waals surface area contributed by atoms with Crippen molar-refractivity contribution in [2.45, 2.75) is 57.3 Å². The van der Waals surface area contributed by atoms with Crippen LogP contribution in [0.4, 0.5) is 0 Å². The van der Waals surface area contributed by atoms with Crippen molar-refractivity contribution in [3.8, 4) is 0 Å². The SMILES string of the molecule is O=C(O)c1cc(C(=O)N2CCCCC2)cc(C2CCCCC2)c1. The minimum Gasteiger partial charge on any atom is -0.478 e. The molecule has 0 aromatic heterocycles. The maximum Gasteiger partial charge on any atom is 0.335 e. The predicted octanol–water partition coefficient (Wildman–Crippen LogP) is 4.06. The zero-order valence-corrected chi connectivity index (χ0v) is 13.6. The molecule has 1 aliphatic heterocycles. The lowest BCUT2D eigenvalue weighted by molar-refractivity contribution is 0.0696. The molecule has 1 aromatic carbocycles. The summed E-state index contributed by atoms with van der Waals surface area (Å²) in [5.74, 6) is -0.559. The molecule has 1 aliphatic carbocycles. The second-order valence-corrected chi connectivity index (χ2v) is 6.84. The quantitative estimate of drug-likeness (QED) is 0.915. The van der Waals surface area contributed by atoms with Crippen LogP contribution >= 0.6 is 0 Å². The van der Waals surface area contributed by atoms with E-state index in [0.717, 1.165) is 44.3 Å². The zero-order chi connectivity index (χ0) is 16.2. The van der Waals surface area contributed by atoms with Crippen LogP contribution in [0.15, 0.2) is 18.2 Å². The number of likely N-dealkylation sites (tertiary alicyclic amines) is 1. The first-order valence-corrected chi connectivity index (χ1v) is 8.83. The minimum atomic E-state index is -0.949. The molecular weight excluding hydrogens is 290 g/mol. The highest BCUT2D eigenvalue weighted by molar-refractivity contribution is 5.98. The van der Waals surface area contributed by atoms with Gasteiger partial charge in [-0.1, -0.05) is 19.3 Å². The first-order valence-electron chi connectivity index (χ1n) is 8.83. The first kappa shape index (κ1) is 16.0. The Balaban J connectivity index is 1.90. The Labute approximate surface area is 137 Å². The van der Waals surface area contributed by atoms with Crippen LogP contribution in [0.2, 0.25) is 0 Å². The van der Waals surface area contributed by atoms with Gasteiger partial charge in [0, 0.05) is 18.7 Å². The van der Waals surface area contributed by atoms with E-state index in [1.165, 1.54) is 25.7 Å². The number of carbonyl (C=O) groups is 2. The Hall–Kier alpha value is -1.84. The summed E-state index contributed by atoms with van der Waals surface area (Å²) in [7, 11) is 0. The second-order valence-electron chi connectivity index (χ2n) is 6.84. The third-order valence-electron chi connectivity index (χ3n) is 5.17. The topological polar surface area (TPSA) is 57.6 Å². The van der Waals surface area contributed by atoms with Crippen molar-refractivity contribution >= 4 is 11.9 Å². The number of carboxylic acids is 1. The molecule has 0 atom stereocenters. The van der Waals surface area contributed by atoms with Gasteiger partial charge in [-0.25, -0.2) is 4.79 Å². The number of hydrogen-bond acceptors (Lipinski definition) is 2. The molecule has 1 amide bonds. The van der Waals surface area contributed by atoms with E-state index in [-0.39, 0.29) is 11.5 Å². The fraction of sp³-hybridized carbons (Fsp3) is 0.579. The largest absolute Gasteiger partial charge is 0.478 e. The summed E-state index contributed by atoms with van der Waals surface area (Å²) in [5.41, 5.74) is 1.82. The molecule has 23 heavy (non-hydrogen) atoms. The molecule has 2 aliphatic rings. The van der Waals surface area contributed by atoms with Crippen LogP contribution in [-0.4, -0.2) is 35.0 Å². The number of piperidine rings is 1. The van der Waals surface area contributed by atoms with Crippen molar-refractivity contribution in [3.05, 3.63) is 34.9 Å². The molecule has 0 spiro atoms. The van der Waals surface area contributed by atoms with E-state index in [9.17, 15) is 14.7 Å². The summed E-state index contributed by atoms with van der Waals surface area (Å²) in [5, 5.41) is 9.40. The van der Waals surface area contributed by atoms with Crippen LogP contribution in [0.5, 0.6) is 0 Å². The maximum absolute atomic E-state index is 12.7. The van der Waals surface area contributed by atoms with E-state index in [1.807, 2.05) is 11.0 Å². The Morgan fingerprint density at radius 3 is 2.13 bits per heavy atom. The van der Waals surface area contributed by atoms with Crippen molar-refractivity contribution in [2.24, 2.45) is 0 Å². The summed E-state index contributed by atoms with van der Waals surface area (Å²) < 4.78 is 0. The summed E-state index contributed by atoms with van der Waals surface area (Å²) >= 11 is 0. The smallest absolute Gasteiger partial charge is 0.335 e. The van der Waals surface area contributed by atoms with Gasteiger partial charge in [0.2, 0.25) is 0 Å². The predicted molar refractivity (Wildman–Crippen MR) is 89.0 cm³/mol. The van der Waals surface area contributed by atoms with Crippen LogP contribution in [0.25, 0.3) is 0 Å².